The Hall–Kier alpha value is -2.18. The third kappa shape index (κ3) is 2.81. The number of nitrogens with zero attached hydrogens (tertiary/aromatic N) is 3. The van der Waals surface area contributed by atoms with Crippen molar-refractivity contribution in [3.05, 3.63) is 47.6 Å². The van der Waals surface area contributed by atoms with Gasteiger partial charge >= 0.3 is 5.97 Å². The molecule has 0 aliphatic rings. The van der Waals surface area contributed by atoms with Crippen LogP contribution in [-0.4, -0.2) is 27.4 Å². The topological polar surface area (TPSA) is 56.0 Å². The normalized spacial score (nSPS) is 11.3. The third-order valence-corrected chi connectivity index (χ3v) is 3.76. The van der Waals surface area contributed by atoms with Gasteiger partial charge in [0.15, 0.2) is 4.96 Å². The molecule has 0 saturated carbocycles. The molecule has 0 saturated heterocycles. The molecule has 0 atom stereocenters. The van der Waals surface area contributed by atoms with Gasteiger partial charge in [-0.25, -0.2) is 9.78 Å². The fraction of sp³-hybridized carbons (Fsp3) is 0.0714. The average Bonchev–Trinajstić information content (AvgIpc) is 3.10. The summed E-state index contributed by atoms with van der Waals surface area (Å²) in [6, 6.07) is 9.76. The van der Waals surface area contributed by atoms with E-state index in [4.69, 9.17) is 11.6 Å². The van der Waals surface area contributed by atoms with Crippen LogP contribution >= 0.6 is 22.9 Å². The number of rotatable bonds is 4. The quantitative estimate of drug-likeness (QED) is 0.321. The second-order valence-electron chi connectivity index (χ2n) is 4.10. The van der Waals surface area contributed by atoms with E-state index in [1.807, 2.05) is 46.3 Å². The molecule has 0 radical (unpaired) electrons. The lowest BCUT2D eigenvalue weighted by molar-refractivity contribution is -0.140. The molecule has 0 aliphatic carbocycles. The largest absolute Gasteiger partial charge is 0.349 e. The SMILES string of the molecule is O=C(CCl)ON=Cc1c(-c2ccccc2)nc2sccn12. The van der Waals surface area contributed by atoms with Crippen LogP contribution < -0.4 is 0 Å². The van der Waals surface area contributed by atoms with E-state index in [1.165, 1.54) is 17.6 Å². The van der Waals surface area contributed by atoms with E-state index in [2.05, 4.69) is 15.0 Å². The highest BCUT2D eigenvalue weighted by atomic mass is 35.5. The van der Waals surface area contributed by atoms with Crippen LogP contribution in [0.5, 0.6) is 0 Å². The molecule has 106 valence electrons. The summed E-state index contributed by atoms with van der Waals surface area (Å²) in [6.07, 6.45) is 3.36. The van der Waals surface area contributed by atoms with Crippen molar-refractivity contribution < 1.29 is 9.63 Å². The van der Waals surface area contributed by atoms with Gasteiger partial charge in [0.25, 0.3) is 0 Å². The summed E-state index contributed by atoms with van der Waals surface area (Å²) in [4.78, 5) is 21.1. The zero-order valence-electron chi connectivity index (χ0n) is 10.8. The fourth-order valence-electron chi connectivity index (χ4n) is 1.89. The molecular weight excluding hydrogens is 310 g/mol. The summed E-state index contributed by atoms with van der Waals surface area (Å²) in [7, 11) is 0. The predicted octanol–water partition coefficient (Wildman–Crippen LogP) is 3.18. The molecule has 1 aromatic carbocycles. The fourth-order valence-corrected chi connectivity index (χ4v) is 2.66. The maximum atomic E-state index is 11.0. The van der Waals surface area contributed by atoms with Gasteiger partial charge in [-0.3, -0.25) is 4.40 Å². The third-order valence-electron chi connectivity index (χ3n) is 2.78. The predicted molar refractivity (Wildman–Crippen MR) is 82.9 cm³/mol. The van der Waals surface area contributed by atoms with Crippen LogP contribution in [0.2, 0.25) is 0 Å². The second kappa shape index (κ2) is 6.07. The molecule has 0 unspecified atom stereocenters. The van der Waals surface area contributed by atoms with E-state index in [0.29, 0.717) is 0 Å². The molecule has 5 nitrogen and oxygen atoms in total. The number of fused-ring (bicyclic) bond motifs is 1. The molecule has 7 heteroatoms. The van der Waals surface area contributed by atoms with E-state index in [9.17, 15) is 4.79 Å². The summed E-state index contributed by atoms with van der Waals surface area (Å²) in [5.74, 6) is -0.830. The van der Waals surface area contributed by atoms with Gasteiger partial charge in [-0.2, -0.15) is 0 Å². The first-order valence-electron chi connectivity index (χ1n) is 6.09. The van der Waals surface area contributed by atoms with Gasteiger partial charge in [-0.05, 0) is 0 Å². The lowest BCUT2D eigenvalue weighted by Crippen LogP contribution is -2.01. The number of halogens is 1. The summed E-state index contributed by atoms with van der Waals surface area (Å²) in [5, 5.41) is 5.62. The molecule has 3 rings (SSSR count). The van der Waals surface area contributed by atoms with E-state index >= 15 is 0 Å². The summed E-state index contributed by atoms with van der Waals surface area (Å²) < 4.78 is 1.89. The Kier molecular flexibility index (Phi) is 3.98. The van der Waals surface area contributed by atoms with Crippen molar-refractivity contribution in [3.8, 4) is 11.3 Å². The molecule has 2 heterocycles. The Labute approximate surface area is 129 Å². The molecule has 0 bridgehead atoms. The van der Waals surface area contributed by atoms with Crippen molar-refractivity contribution in [2.75, 3.05) is 5.88 Å². The van der Waals surface area contributed by atoms with Crippen molar-refractivity contribution >= 4 is 40.1 Å². The number of thiazole rings is 1. The first-order valence-corrected chi connectivity index (χ1v) is 7.51. The lowest BCUT2D eigenvalue weighted by Gasteiger charge is -1.99. The Morgan fingerprint density at radius 1 is 1.43 bits per heavy atom. The summed E-state index contributed by atoms with van der Waals surface area (Å²) >= 11 is 6.88. The van der Waals surface area contributed by atoms with Crippen molar-refractivity contribution in [1.29, 1.82) is 0 Å². The van der Waals surface area contributed by atoms with Crippen molar-refractivity contribution in [3.63, 3.8) is 0 Å². The first-order chi connectivity index (χ1) is 10.3. The van der Waals surface area contributed by atoms with Crippen LogP contribution in [0.25, 0.3) is 16.2 Å². The Morgan fingerprint density at radius 2 is 2.24 bits per heavy atom. The van der Waals surface area contributed by atoms with Gasteiger partial charge in [0, 0.05) is 17.1 Å². The van der Waals surface area contributed by atoms with Crippen LogP contribution in [-0.2, 0) is 9.63 Å². The van der Waals surface area contributed by atoms with Gasteiger partial charge in [-0.1, -0.05) is 35.5 Å². The van der Waals surface area contributed by atoms with Gasteiger partial charge < -0.3 is 4.84 Å². The zero-order chi connectivity index (χ0) is 14.7. The number of carbonyl (C=O) groups is 1. The minimum Gasteiger partial charge on any atom is -0.317 e. The Morgan fingerprint density at radius 3 is 3.00 bits per heavy atom. The Bertz CT molecular complexity index is 795. The lowest BCUT2D eigenvalue weighted by atomic mass is 10.1. The molecule has 3 aromatic rings. The van der Waals surface area contributed by atoms with Crippen LogP contribution in [0, 0.1) is 0 Å². The van der Waals surface area contributed by atoms with Gasteiger partial charge in [-0.15, -0.1) is 22.9 Å². The van der Waals surface area contributed by atoms with Gasteiger partial charge in [0.05, 0.1) is 17.6 Å². The summed E-state index contributed by atoms with van der Waals surface area (Å²) in [5.41, 5.74) is 2.51. The average molecular weight is 320 g/mol. The monoisotopic (exact) mass is 319 g/mol. The molecule has 0 aliphatic heterocycles. The smallest absolute Gasteiger partial charge is 0.317 e. The minimum absolute atomic E-state index is 0.233. The molecule has 21 heavy (non-hydrogen) atoms. The van der Waals surface area contributed by atoms with E-state index < -0.39 is 5.97 Å². The second-order valence-corrected chi connectivity index (χ2v) is 5.24. The zero-order valence-corrected chi connectivity index (χ0v) is 12.3. The number of hydrogen-bond donors (Lipinski definition) is 0. The number of oxime groups is 1. The van der Waals surface area contributed by atoms with E-state index in [1.54, 1.807) is 0 Å². The highest BCUT2D eigenvalue weighted by molar-refractivity contribution is 7.15. The van der Waals surface area contributed by atoms with Crippen molar-refractivity contribution in [2.45, 2.75) is 0 Å². The van der Waals surface area contributed by atoms with Crippen molar-refractivity contribution in [1.82, 2.24) is 9.38 Å². The molecule has 0 spiro atoms. The molecular formula is C14H10ClN3O2S. The standard InChI is InChI=1S/C14H10ClN3O2S/c15-8-12(19)20-16-9-11-13(10-4-2-1-3-5-10)17-14-18(11)6-7-21-14/h1-7,9H,8H2. The highest BCUT2D eigenvalue weighted by Crippen LogP contribution is 2.25. The molecule has 0 N–H and O–H groups in total. The molecule has 0 amide bonds. The van der Waals surface area contributed by atoms with Crippen LogP contribution in [0.15, 0.2) is 47.1 Å². The van der Waals surface area contributed by atoms with E-state index in [-0.39, 0.29) is 5.88 Å². The summed E-state index contributed by atoms with van der Waals surface area (Å²) in [6.45, 7) is 0. The van der Waals surface area contributed by atoms with Crippen molar-refractivity contribution in [2.24, 2.45) is 5.16 Å². The first kappa shape index (κ1) is 13.8. The van der Waals surface area contributed by atoms with Gasteiger partial charge in [0.1, 0.15) is 5.88 Å². The maximum Gasteiger partial charge on any atom is 0.349 e. The minimum atomic E-state index is -0.597. The number of alkyl halides is 1. The molecule has 0 fully saturated rings. The highest BCUT2D eigenvalue weighted by Gasteiger charge is 2.13. The van der Waals surface area contributed by atoms with Crippen LogP contribution in [0.4, 0.5) is 0 Å². The number of hydrogen-bond acceptors (Lipinski definition) is 5. The maximum absolute atomic E-state index is 11.0. The number of imidazole rings is 1. The van der Waals surface area contributed by atoms with E-state index in [0.717, 1.165) is 21.9 Å². The molecule has 2 aromatic heterocycles. The Balaban J connectivity index is 2.02. The number of carbonyl (C=O) groups excluding carboxylic acids is 1. The van der Waals surface area contributed by atoms with Crippen LogP contribution in [0.3, 0.4) is 0 Å². The van der Waals surface area contributed by atoms with Crippen LogP contribution in [0.1, 0.15) is 5.69 Å². The number of aromatic nitrogens is 2. The van der Waals surface area contributed by atoms with Gasteiger partial charge in [0.2, 0.25) is 0 Å². The number of benzene rings is 1.